The van der Waals surface area contributed by atoms with Crippen molar-refractivity contribution in [1.82, 2.24) is 14.5 Å². The first kappa shape index (κ1) is 27.1. The van der Waals surface area contributed by atoms with E-state index < -0.39 is 0 Å². The summed E-state index contributed by atoms with van der Waals surface area (Å²) in [5, 5.41) is 8.56. The molecule has 0 bridgehead atoms. The van der Waals surface area contributed by atoms with Gasteiger partial charge in [-0.2, -0.15) is 0 Å². The highest BCUT2D eigenvalue weighted by Gasteiger charge is 2.21. The van der Waals surface area contributed by atoms with Gasteiger partial charge in [0, 0.05) is 46.6 Å². The Morgan fingerprint density at radius 2 is 1.12 bits per heavy atom. The number of benzene rings is 7. The fraction of sp³-hybridized carbons (Fsp3) is 0. The van der Waals surface area contributed by atoms with Crippen molar-refractivity contribution in [2.24, 2.45) is 0 Å². The van der Waals surface area contributed by atoms with Gasteiger partial charge in [-0.05, 0) is 64.4 Å². The van der Waals surface area contributed by atoms with Gasteiger partial charge in [0.05, 0.1) is 26.9 Å². The fourth-order valence-corrected chi connectivity index (χ4v) is 9.76. The van der Waals surface area contributed by atoms with E-state index in [1.807, 2.05) is 11.3 Å². The minimum Gasteiger partial charge on any atom is -0.278 e. The molecule has 0 fully saturated rings. The molecule has 11 rings (SSSR count). The van der Waals surface area contributed by atoms with Gasteiger partial charge in [-0.15, -0.1) is 22.7 Å². The molecule has 0 N–H and O–H groups in total. The van der Waals surface area contributed by atoms with Crippen molar-refractivity contribution in [3.8, 4) is 28.3 Å². The van der Waals surface area contributed by atoms with Crippen LogP contribution in [0.25, 0.3) is 101 Å². The molecule has 11 aromatic rings. The first-order valence-corrected chi connectivity index (χ1v) is 18.0. The molecule has 3 nitrogen and oxygen atoms in total. The average Bonchev–Trinajstić information content (AvgIpc) is 3.82. The van der Waals surface area contributed by atoms with Crippen LogP contribution in [0.5, 0.6) is 0 Å². The fourth-order valence-electron chi connectivity index (χ4n) is 7.48. The molecule has 0 atom stereocenters. The van der Waals surface area contributed by atoms with Gasteiger partial charge in [0.2, 0.25) is 5.95 Å². The quantitative estimate of drug-likeness (QED) is 0.189. The topological polar surface area (TPSA) is 30.7 Å². The zero-order chi connectivity index (χ0) is 32.1. The summed E-state index contributed by atoms with van der Waals surface area (Å²) in [6.07, 6.45) is 0. The van der Waals surface area contributed by atoms with E-state index in [1.54, 1.807) is 11.3 Å². The number of rotatable bonds is 3. The highest BCUT2D eigenvalue weighted by Crippen LogP contribution is 2.43. The van der Waals surface area contributed by atoms with Gasteiger partial charge in [-0.25, -0.2) is 9.97 Å². The normalized spacial score (nSPS) is 12.1. The maximum absolute atomic E-state index is 5.50. The van der Waals surface area contributed by atoms with E-state index >= 15 is 0 Å². The van der Waals surface area contributed by atoms with E-state index in [0.29, 0.717) is 5.95 Å². The summed E-state index contributed by atoms with van der Waals surface area (Å²) in [6, 6.07) is 54.7. The van der Waals surface area contributed by atoms with Crippen LogP contribution >= 0.6 is 22.7 Å². The SMILES string of the molecule is c1ccc(-c2ccc3sc4c(-c5ccc6c(c5)sc5ccccc56)nc(-n5c6ccccc6c6cc7ccccc7cc65)nc4c3c2)cc1. The third kappa shape index (κ3) is 4.07. The summed E-state index contributed by atoms with van der Waals surface area (Å²) < 4.78 is 7.15. The van der Waals surface area contributed by atoms with Crippen LogP contribution in [0.4, 0.5) is 0 Å². The molecule has 4 heterocycles. The standard InChI is InChI=1S/C44H25N3S2/c1-2-10-26(11-3-1)29-19-21-39-35(23-29)42-43(49-39)41(30-18-20-33-32-15-7-9-17-38(32)48-40(33)25-30)45-44(46-42)47-36-16-8-6-14-31(36)34-22-27-12-4-5-13-28(27)24-37(34)47/h1-25H. The van der Waals surface area contributed by atoms with Gasteiger partial charge < -0.3 is 0 Å². The largest absolute Gasteiger partial charge is 0.278 e. The molecule has 0 unspecified atom stereocenters. The van der Waals surface area contributed by atoms with Crippen LogP contribution in [0.3, 0.4) is 0 Å². The van der Waals surface area contributed by atoms with E-state index in [4.69, 9.17) is 9.97 Å². The second kappa shape index (κ2) is 10.3. The Morgan fingerprint density at radius 1 is 0.408 bits per heavy atom. The molecule has 7 aromatic carbocycles. The summed E-state index contributed by atoms with van der Waals surface area (Å²) in [7, 11) is 0. The molecule has 0 saturated heterocycles. The third-order valence-corrected chi connectivity index (χ3v) is 12.1. The summed E-state index contributed by atoms with van der Waals surface area (Å²) in [6.45, 7) is 0. The Bertz CT molecular complexity index is 3110. The molecule has 4 aromatic heterocycles. The molecular weight excluding hydrogens is 635 g/mol. The molecule has 0 spiro atoms. The number of fused-ring (bicyclic) bond motifs is 10. The first-order chi connectivity index (χ1) is 24.3. The molecule has 0 radical (unpaired) electrons. The number of para-hydroxylation sites is 1. The lowest BCUT2D eigenvalue weighted by atomic mass is 10.0. The lowest BCUT2D eigenvalue weighted by Gasteiger charge is -2.11. The van der Waals surface area contributed by atoms with E-state index in [-0.39, 0.29) is 0 Å². The zero-order valence-corrected chi connectivity index (χ0v) is 27.7. The Balaban J connectivity index is 1.25. The highest BCUT2D eigenvalue weighted by atomic mass is 32.1. The molecule has 228 valence electrons. The second-order valence-corrected chi connectivity index (χ2v) is 14.7. The second-order valence-electron chi connectivity index (χ2n) is 12.6. The monoisotopic (exact) mass is 659 g/mol. The molecule has 49 heavy (non-hydrogen) atoms. The minimum atomic E-state index is 0.685. The number of thiophene rings is 2. The van der Waals surface area contributed by atoms with Crippen molar-refractivity contribution in [2.75, 3.05) is 0 Å². The number of hydrogen-bond acceptors (Lipinski definition) is 4. The van der Waals surface area contributed by atoms with Crippen molar-refractivity contribution >= 4 is 95.7 Å². The van der Waals surface area contributed by atoms with Gasteiger partial charge in [0.1, 0.15) is 0 Å². The van der Waals surface area contributed by atoms with Gasteiger partial charge in [-0.3, -0.25) is 4.57 Å². The van der Waals surface area contributed by atoms with Crippen LogP contribution in [0.1, 0.15) is 0 Å². The third-order valence-electron chi connectivity index (χ3n) is 9.80. The lowest BCUT2D eigenvalue weighted by molar-refractivity contribution is 1.02. The van der Waals surface area contributed by atoms with Crippen molar-refractivity contribution < 1.29 is 0 Å². The predicted molar refractivity (Wildman–Crippen MR) is 211 cm³/mol. The Kier molecular flexibility index (Phi) is 5.70. The summed E-state index contributed by atoms with van der Waals surface area (Å²) in [5.41, 5.74) is 7.65. The van der Waals surface area contributed by atoms with Gasteiger partial charge in [0.15, 0.2) is 0 Å². The van der Waals surface area contributed by atoms with Crippen LogP contribution in [0.2, 0.25) is 0 Å². The first-order valence-electron chi connectivity index (χ1n) is 16.4. The van der Waals surface area contributed by atoms with Crippen molar-refractivity contribution in [3.05, 3.63) is 152 Å². The maximum Gasteiger partial charge on any atom is 0.235 e. The smallest absolute Gasteiger partial charge is 0.235 e. The van der Waals surface area contributed by atoms with Crippen molar-refractivity contribution in [3.63, 3.8) is 0 Å². The average molecular weight is 660 g/mol. The van der Waals surface area contributed by atoms with Crippen molar-refractivity contribution in [2.45, 2.75) is 0 Å². The summed E-state index contributed by atoms with van der Waals surface area (Å²) >= 11 is 3.62. The molecule has 0 aliphatic heterocycles. The van der Waals surface area contributed by atoms with E-state index in [1.165, 1.54) is 57.5 Å². The van der Waals surface area contributed by atoms with Crippen LogP contribution < -0.4 is 0 Å². The molecular formula is C44H25N3S2. The van der Waals surface area contributed by atoms with Crippen LogP contribution in [-0.2, 0) is 0 Å². The number of aromatic nitrogens is 3. The predicted octanol–water partition coefficient (Wildman–Crippen LogP) is 12.8. The van der Waals surface area contributed by atoms with E-state index in [2.05, 4.69) is 156 Å². The number of hydrogen-bond donors (Lipinski definition) is 0. The molecule has 0 aliphatic carbocycles. The van der Waals surface area contributed by atoms with E-state index in [0.717, 1.165) is 37.9 Å². The highest BCUT2D eigenvalue weighted by molar-refractivity contribution is 7.26. The van der Waals surface area contributed by atoms with Crippen molar-refractivity contribution in [1.29, 1.82) is 0 Å². The Morgan fingerprint density at radius 3 is 2.02 bits per heavy atom. The minimum absolute atomic E-state index is 0.685. The molecule has 0 amide bonds. The maximum atomic E-state index is 5.50. The summed E-state index contributed by atoms with van der Waals surface area (Å²) in [4.78, 5) is 11.0. The van der Waals surface area contributed by atoms with Gasteiger partial charge in [0.25, 0.3) is 0 Å². The van der Waals surface area contributed by atoms with Crippen LogP contribution in [-0.4, -0.2) is 14.5 Å². The van der Waals surface area contributed by atoms with Gasteiger partial charge in [-0.1, -0.05) is 109 Å². The Labute approximate surface area is 289 Å². The zero-order valence-electron chi connectivity index (χ0n) is 26.1. The molecule has 5 heteroatoms. The van der Waals surface area contributed by atoms with Crippen LogP contribution in [0, 0.1) is 0 Å². The summed E-state index contributed by atoms with van der Waals surface area (Å²) in [5.74, 6) is 0.685. The lowest BCUT2D eigenvalue weighted by Crippen LogP contribution is -2.02. The van der Waals surface area contributed by atoms with Crippen LogP contribution in [0.15, 0.2) is 152 Å². The molecule has 0 saturated carbocycles. The molecule has 0 aliphatic rings. The Hall–Kier alpha value is -5.88. The number of nitrogens with zero attached hydrogens (tertiary/aromatic N) is 3. The van der Waals surface area contributed by atoms with Gasteiger partial charge >= 0.3 is 0 Å². The van der Waals surface area contributed by atoms with E-state index in [9.17, 15) is 0 Å².